The fraction of sp³-hybridized carbons (Fsp3) is 0.400. The van der Waals surface area contributed by atoms with Gasteiger partial charge >= 0.3 is 5.97 Å². The van der Waals surface area contributed by atoms with Gasteiger partial charge in [-0.15, -0.1) is 0 Å². The minimum atomic E-state index is -2.70. The van der Waals surface area contributed by atoms with E-state index in [2.05, 4.69) is 4.98 Å². The number of ether oxygens (including phenoxy) is 1. The molecule has 6 heteroatoms. The Hall–Kier alpha value is -1.23. The van der Waals surface area contributed by atoms with Crippen molar-refractivity contribution in [2.75, 3.05) is 6.61 Å². The van der Waals surface area contributed by atoms with Crippen molar-refractivity contribution in [1.82, 2.24) is 4.98 Å². The molecule has 3 nitrogen and oxygen atoms in total. The van der Waals surface area contributed by atoms with E-state index in [1.165, 1.54) is 6.92 Å². The summed E-state index contributed by atoms with van der Waals surface area (Å²) in [4.78, 5) is 15.0. The lowest BCUT2D eigenvalue weighted by atomic mass is 10.1. The van der Waals surface area contributed by atoms with Gasteiger partial charge in [0.25, 0.3) is 6.43 Å². The summed E-state index contributed by atoms with van der Waals surface area (Å²) in [7, 11) is 0. The van der Waals surface area contributed by atoms with Crippen molar-refractivity contribution < 1.29 is 18.3 Å². The largest absolute Gasteiger partial charge is 0.462 e. The van der Waals surface area contributed by atoms with Gasteiger partial charge in [-0.05, 0) is 19.4 Å². The molecule has 0 aromatic carbocycles. The number of hydrogen-bond donors (Lipinski definition) is 0. The molecule has 0 unspecified atom stereocenters. The highest BCUT2D eigenvalue weighted by atomic mass is 35.5. The first kappa shape index (κ1) is 12.8. The number of rotatable bonds is 3. The Balaban J connectivity index is 3.26. The molecule has 0 fully saturated rings. The molecule has 1 heterocycles. The number of halogens is 3. The van der Waals surface area contributed by atoms with Crippen LogP contribution in [0.4, 0.5) is 8.78 Å². The van der Waals surface area contributed by atoms with E-state index in [1.54, 1.807) is 6.92 Å². The van der Waals surface area contributed by atoms with Crippen LogP contribution in [-0.4, -0.2) is 17.6 Å². The molecule has 0 spiro atoms. The Morgan fingerprint density at radius 3 is 2.75 bits per heavy atom. The van der Waals surface area contributed by atoms with E-state index in [1.807, 2.05) is 0 Å². The van der Waals surface area contributed by atoms with E-state index >= 15 is 0 Å². The predicted molar refractivity (Wildman–Crippen MR) is 54.9 cm³/mol. The van der Waals surface area contributed by atoms with Crippen molar-refractivity contribution >= 4 is 17.6 Å². The van der Waals surface area contributed by atoms with Crippen molar-refractivity contribution in [3.63, 3.8) is 0 Å². The second-order valence-electron chi connectivity index (χ2n) is 3.03. The van der Waals surface area contributed by atoms with Crippen LogP contribution in [0.15, 0.2) is 6.20 Å². The van der Waals surface area contributed by atoms with Gasteiger partial charge in [0, 0.05) is 11.8 Å². The molecule has 0 saturated heterocycles. The first-order valence-electron chi connectivity index (χ1n) is 4.59. The van der Waals surface area contributed by atoms with Crippen LogP contribution in [-0.2, 0) is 4.74 Å². The zero-order valence-electron chi connectivity index (χ0n) is 8.76. The molecular formula is C10H10ClF2NO2. The van der Waals surface area contributed by atoms with E-state index < -0.39 is 12.4 Å². The maximum atomic E-state index is 12.6. The summed E-state index contributed by atoms with van der Waals surface area (Å²) in [6.07, 6.45) is -1.73. The Morgan fingerprint density at radius 1 is 1.62 bits per heavy atom. The Kier molecular flexibility index (Phi) is 4.18. The molecule has 88 valence electrons. The second kappa shape index (κ2) is 5.21. The highest BCUT2D eigenvalue weighted by Crippen LogP contribution is 2.28. The number of nitrogens with zero attached hydrogens (tertiary/aromatic N) is 1. The van der Waals surface area contributed by atoms with Gasteiger partial charge < -0.3 is 4.74 Å². The molecule has 0 bridgehead atoms. The van der Waals surface area contributed by atoms with E-state index in [0.29, 0.717) is 0 Å². The number of hydrogen-bond acceptors (Lipinski definition) is 3. The lowest BCUT2D eigenvalue weighted by Gasteiger charge is -2.10. The number of pyridine rings is 1. The van der Waals surface area contributed by atoms with E-state index in [9.17, 15) is 13.6 Å². The van der Waals surface area contributed by atoms with Crippen molar-refractivity contribution in [3.8, 4) is 0 Å². The molecule has 1 aromatic rings. The van der Waals surface area contributed by atoms with Gasteiger partial charge in [0.05, 0.1) is 6.61 Å². The van der Waals surface area contributed by atoms with Crippen LogP contribution >= 0.6 is 11.6 Å². The summed E-state index contributed by atoms with van der Waals surface area (Å²) in [6, 6.07) is 0. The second-order valence-corrected chi connectivity index (χ2v) is 3.38. The fourth-order valence-electron chi connectivity index (χ4n) is 1.25. The number of carbonyl (C=O) groups excluding carboxylic acids is 1. The van der Waals surface area contributed by atoms with E-state index in [-0.39, 0.29) is 28.5 Å². The first-order valence-corrected chi connectivity index (χ1v) is 4.97. The van der Waals surface area contributed by atoms with Crippen LogP contribution in [0.1, 0.15) is 34.8 Å². The SMILES string of the molecule is CCOC(=O)c1c(Cl)ncc(C(F)F)c1C. The molecule has 0 aliphatic rings. The maximum Gasteiger partial charge on any atom is 0.341 e. The summed E-state index contributed by atoms with van der Waals surface area (Å²) in [5.74, 6) is -0.736. The molecule has 0 saturated carbocycles. The Morgan fingerprint density at radius 2 is 2.25 bits per heavy atom. The lowest BCUT2D eigenvalue weighted by molar-refractivity contribution is 0.0524. The number of carbonyl (C=O) groups is 1. The maximum absolute atomic E-state index is 12.6. The monoisotopic (exact) mass is 249 g/mol. The number of alkyl halides is 2. The van der Waals surface area contributed by atoms with Crippen molar-refractivity contribution in [2.24, 2.45) is 0 Å². The summed E-state index contributed by atoms with van der Waals surface area (Å²) < 4.78 is 29.8. The lowest BCUT2D eigenvalue weighted by Crippen LogP contribution is -2.10. The molecule has 0 aliphatic heterocycles. The minimum absolute atomic E-state index is 0.0960. The Labute approximate surface area is 96.4 Å². The van der Waals surface area contributed by atoms with Crippen LogP contribution in [0.3, 0.4) is 0 Å². The highest BCUT2D eigenvalue weighted by Gasteiger charge is 2.22. The van der Waals surface area contributed by atoms with Gasteiger partial charge in [-0.3, -0.25) is 0 Å². The zero-order chi connectivity index (χ0) is 12.3. The van der Waals surface area contributed by atoms with Gasteiger partial charge in [0.1, 0.15) is 10.7 Å². The molecular weight excluding hydrogens is 240 g/mol. The third kappa shape index (κ3) is 2.47. The Bertz CT molecular complexity index is 410. The minimum Gasteiger partial charge on any atom is -0.462 e. The fourth-order valence-corrected chi connectivity index (χ4v) is 1.51. The van der Waals surface area contributed by atoms with Gasteiger partial charge in [-0.2, -0.15) is 0 Å². The first-order chi connectivity index (χ1) is 7.49. The zero-order valence-corrected chi connectivity index (χ0v) is 9.52. The summed E-state index contributed by atoms with van der Waals surface area (Å²) in [6.45, 7) is 3.15. The third-order valence-electron chi connectivity index (χ3n) is 2.05. The third-order valence-corrected chi connectivity index (χ3v) is 2.33. The van der Waals surface area contributed by atoms with Crippen LogP contribution in [0, 0.1) is 6.92 Å². The summed E-state index contributed by atoms with van der Waals surface area (Å²) >= 11 is 5.68. The van der Waals surface area contributed by atoms with Gasteiger partial charge in [0.2, 0.25) is 0 Å². The van der Waals surface area contributed by atoms with Gasteiger partial charge in [-0.25, -0.2) is 18.6 Å². The summed E-state index contributed by atoms with van der Waals surface area (Å²) in [5.41, 5.74) is -0.304. The smallest absolute Gasteiger partial charge is 0.341 e. The highest BCUT2D eigenvalue weighted by molar-refractivity contribution is 6.32. The van der Waals surface area contributed by atoms with Crippen LogP contribution in [0.2, 0.25) is 5.15 Å². The van der Waals surface area contributed by atoms with Crippen molar-refractivity contribution in [3.05, 3.63) is 28.0 Å². The van der Waals surface area contributed by atoms with Crippen LogP contribution in [0.5, 0.6) is 0 Å². The van der Waals surface area contributed by atoms with Crippen LogP contribution in [0.25, 0.3) is 0 Å². The molecule has 0 radical (unpaired) electrons. The molecule has 0 aliphatic carbocycles. The van der Waals surface area contributed by atoms with Gasteiger partial charge in [0.15, 0.2) is 0 Å². The average molecular weight is 250 g/mol. The predicted octanol–water partition coefficient (Wildman–Crippen LogP) is 3.16. The van der Waals surface area contributed by atoms with Crippen molar-refractivity contribution in [1.29, 1.82) is 0 Å². The normalized spacial score (nSPS) is 10.6. The molecule has 1 rings (SSSR count). The standard InChI is InChI=1S/C10H10ClF2NO2/c1-3-16-10(15)7-5(2)6(9(12)13)4-14-8(7)11/h4,9H,3H2,1-2H3. The quantitative estimate of drug-likeness (QED) is 0.610. The molecule has 0 amide bonds. The van der Waals surface area contributed by atoms with Crippen LogP contribution < -0.4 is 0 Å². The van der Waals surface area contributed by atoms with Crippen molar-refractivity contribution in [2.45, 2.75) is 20.3 Å². The summed E-state index contributed by atoms with van der Waals surface area (Å²) in [5, 5.41) is -0.125. The average Bonchev–Trinajstić information content (AvgIpc) is 2.17. The number of aromatic nitrogens is 1. The topological polar surface area (TPSA) is 39.2 Å². The molecule has 1 aromatic heterocycles. The molecule has 0 atom stereocenters. The molecule has 16 heavy (non-hydrogen) atoms. The van der Waals surface area contributed by atoms with E-state index in [0.717, 1.165) is 6.20 Å². The number of esters is 1. The van der Waals surface area contributed by atoms with E-state index in [4.69, 9.17) is 16.3 Å². The molecule has 0 N–H and O–H groups in total. The van der Waals surface area contributed by atoms with Gasteiger partial charge in [-0.1, -0.05) is 11.6 Å².